The van der Waals surface area contributed by atoms with Crippen molar-refractivity contribution in [2.45, 2.75) is 19.9 Å². The van der Waals surface area contributed by atoms with E-state index in [4.69, 9.17) is 4.42 Å². The van der Waals surface area contributed by atoms with E-state index in [1.807, 2.05) is 43.3 Å². The first-order valence-corrected chi connectivity index (χ1v) is 11.0. The zero-order valence-corrected chi connectivity index (χ0v) is 18.6. The molecule has 0 aliphatic carbocycles. The number of rotatable bonds is 3. The summed E-state index contributed by atoms with van der Waals surface area (Å²) in [5.74, 6) is 0.0173. The topological polar surface area (TPSA) is 53.8 Å². The third kappa shape index (κ3) is 3.82. The van der Waals surface area contributed by atoms with Gasteiger partial charge in [0.25, 0.3) is 5.91 Å². The minimum Gasteiger partial charge on any atom is -0.459 e. The van der Waals surface area contributed by atoms with Gasteiger partial charge in [-0.3, -0.25) is 9.59 Å². The van der Waals surface area contributed by atoms with Crippen LogP contribution in [0.25, 0.3) is 22.3 Å². The van der Waals surface area contributed by atoms with Crippen LogP contribution in [0.3, 0.4) is 0 Å². The molecule has 1 aromatic heterocycles. The molecule has 4 aromatic rings. The van der Waals surface area contributed by atoms with Gasteiger partial charge in [0.05, 0.1) is 23.7 Å². The Bertz CT molecular complexity index is 1290. The minimum absolute atomic E-state index is 0.0474. The zero-order chi connectivity index (χ0) is 22.9. The van der Waals surface area contributed by atoms with Crippen molar-refractivity contribution >= 4 is 23.2 Å². The largest absolute Gasteiger partial charge is 0.459 e. The van der Waals surface area contributed by atoms with Gasteiger partial charge in [-0.15, -0.1) is 0 Å². The fraction of sp³-hybridized carbons (Fsp3) is 0.143. The molecule has 0 bridgehead atoms. The number of hydrogen-bond acceptors (Lipinski definition) is 3. The van der Waals surface area contributed by atoms with E-state index in [9.17, 15) is 9.59 Å². The van der Waals surface area contributed by atoms with Gasteiger partial charge < -0.3 is 14.2 Å². The lowest BCUT2D eigenvalue weighted by molar-refractivity contribution is -0.117. The van der Waals surface area contributed by atoms with Crippen LogP contribution in [0.1, 0.15) is 24.4 Å². The Kier molecular flexibility index (Phi) is 5.31. The van der Waals surface area contributed by atoms with E-state index in [1.54, 1.807) is 28.9 Å². The van der Waals surface area contributed by atoms with Crippen molar-refractivity contribution in [3.63, 3.8) is 0 Å². The zero-order valence-electron chi connectivity index (χ0n) is 18.6. The Labute approximate surface area is 192 Å². The van der Waals surface area contributed by atoms with Crippen LogP contribution in [-0.2, 0) is 4.79 Å². The van der Waals surface area contributed by atoms with Crippen LogP contribution < -0.4 is 9.80 Å². The molecule has 33 heavy (non-hydrogen) atoms. The predicted octanol–water partition coefficient (Wildman–Crippen LogP) is 6.02. The van der Waals surface area contributed by atoms with E-state index in [0.717, 1.165) is 27.9 Å². The summed E-state index contributed by atoms with van der Waals surface area (Å²) < 4.78 is 5.37. The molecule has 0 saturated heterocycles. The number of amides is 2. The molecule has 0 spiro atoms. The number of benzene rings is 3. The van der Waals surface area contributed by atoms with Gasteiger partial charge in [-0.05, 0) is 53.4 Å². The molecule has 1 aliphatic heterocycles. The Hall–Kier alpha value is -4.12. The fourth-order valence-electron chi connectivity index (χ4n) is 4.50. The summed E-state index contributed by atoms with van der Waals surface area (Å²) >= 11 is 0. The molecule has 1 unspecified atom stereocenters. The molecule has 0 N–H and O–H groups in total. The van der Waals surface area contributed by atoms with E-state index >= 15 is 0 Å². The molecule has 1 atom stereocenters. The normalized spacial score (nSPS) is 15.3. The van der Waals surface area contributed by atoms with Gasteiger partial charge in [-0.2, -0.15) is 0 Å². The summed E-state index contributed by atoms with van der Waals surface area (Å²) in [5, 5.41) is 0. The smallest absolute Gasteiger partial charge is 0.294 e. The molecule has 5 heteroatoms. The Morgan fingerprint density at radius 1 is 0.788 bits per heavy atom. The molecule has 164 valence electrons. The monoisotopic (exact) mass is 436 g/mol. The third-order valence-corrected chi connectivity index (χ3v) is 6.06. The maximum absolute atomic E-state index is 13.2. The quantitative estimate of drug-likeness (QED) is 0.395. The molecule has 5 rings (SSSR count). The second kappa shape index (κ2) is 8.43. The van der Waals surface area contributed by atoms with E-state index < -0.39 is 0 Å². The van der Waals surface area contributed by atoms with Crippen molar-refractivity contribution in [3.05, 3.63) is 97.0 Å². The number of carbonyl (C=O) groups is 2. The summed E-state index contributed by atoms with van der Waals surface area (Å²) in [6.07, 6.45) is 1.49. The SMILES string of the molecule is CC(=O)N1c2ccc(-c3ccc(-c4ccccc4)cc3)cc2N(C(=O)c2ccco2)CC1C. The number of anilines is 2. The first-order valence-electron chi connectivity index (χ1n) is 11.0. The van der Waals surface area contributed by atoms with Crippen LogP contribution in [0.2, 0.25) is 0 Å². The lowest BCUT2D eigenvalue weighted by atomic mass is 9.98. The molecular formula is C28H24N2O3. The third-order valence-electron chi connectivity index (χ3n) is 6.06. The van der Waals surface area contributed by atoms with E-state index in [0.29, 0.717) is 12.2 Å². The van der Waals surface area contributed by atoms with Crippen LogP contribution >= 0.6 is 0 Å². The molecule has 1 aliphatic rings. The molecule has 2 amide bonds. The van der Waals surface area contributed by atoms with Gasteiger partial charge in [-0.1, -0.05) is 60.7 Å². The van der Waals surface area contributed by atoms with E-state index in [2.05, 4.69) is 36.4 Å². The minimum atomic E-state index is -0.215. The summed E-state index contributed by atoms with van der Waals surface area (Å²) in [6, 6.07) is 27.7. The molecule has 2 heterocycles. The average Bonchev–Trinajstić information content (AvgIpc) is 3.38. The van der Waals surface area contributed by atoms with E-state index in [-0.39, 0.29) is 23.6 Å². The molecule has 5 nitrogen and oxygen atoms in total. The van der Waals surface area contributed by atoms with Gasteiger partial charge in [0.15, 0.2) is 5.76 Å². The van der Waals surface area contributed by atoms with Crippen molar-refractivity contribution in [1.82, 2.24) is 0 Å². The summed E-state index contributed by atoms with van der Waals surface area (Å²) in [7, 11) is 0. The maximum Gasteiger partial charge on any atom is 0.294 e. The number of carbonyl (C=O) groups excluding carboxylic acids is 2. The van der Waals surface area contributed by atoms with E-state index in [1.165, 1.54) is 6.26 Å². The highest BCUT2D eigenvalue weighted by Gasteiger charge is 2.34. The number of fused-ring (bicyclic) bond motifs is 1. The van der Waals surface area contributed by atoms with Gasteiger partial charge in [0.2, 0.25) is 5.91 Å². The van der Waals surface area contributed by atoms with Crippen LogP contribution in [0.5, 0.6) is 0 Å². The van der Waals surface area contributed by atoms with Crippen LogP contribution in [-0.4, -0.2) is 24.4 Å². The summed E-state index contributed by atoms with van der Waals surface area (Å²) in [6.45, 7) is 3.89. The first kappa shape index (κ1) is 20.8. The van der Waals surface area contributed by atoms with Gasteiger partial charge in [0, 0.05) is 13.5 Å². The predicted molar refractivity (Wildman–Crippen MR) is 130 cm³/mol. The molecule has 0 saturated carbocycles. The molecular weight excluding hydrogens is 412 g/mol. The van der Waals surface area contributed by atoms with Gasteiger partial charge in [-0.25, -0.2) is 0 Å². The van der Waals surface area contributed by atoms with Crippen molar-refractivity contribution in [1.29, 1.82) is 0 Å². The summed E-state index contributed by atoms with van der Waals surface area (Å²) in [5.41, 5.74) is 5.75. The average molecular weight is 437 g/mol. The van der Waals surface area contributed by atoms with Crippen LogP contribution in [0.15, 0.2) is 95.6 Å². The Balaban J connectivity index is 1.56. The fourth-order valence-corrected chi connectivity index (χ4v) is 4.50. The lowest BCUT2D eigenvalue weighted by Crippen LogP contribution is -2.51. The number of furan rings is 1. The van der Waals surface area contributed by atoms with Crippen molar-refractivity contribution in [3.8, 4) is 22.3 Å². The highest BCUT2D eigenvalue weighted by molar-refractivity contribution is 6.10. The van der Waals surface area contributed by atoms with Gasteiger partial charge >= 0.3 is 0 Å². The molecule has 3 aromatic carbocycles. The highest BCUT2D eigenvalue weighted by Crippen LogP contribution is 2.39. The van der Waals surface area contributed by atoms with Crippen molar-refractivity contribution in [2.24, 2.45) is 0 Å². The molecule has 0 radical (unpaired) electrons. The van der Waals surface area contributed by atoms with Crippen LogP contribution in [0, 0.1) is 0 Å². The summed E-state index contributed by atoms with van der Waals surface area (Å²) in [4.78, 5) is 29.1. The number of nitrogens with zero attached hydrogens (tertiary/aromatic N) is 2. The van der Waals surface area contributed by atoms with Gasteiger partial charge in [0.1, 0.15) is 0 Å². The van der Waals surface area contributed by atoms with Crippen LogP contribution in [0.4, 0.5) is 11.4 Å². The van der Waals surface area contributed by atoms with Crippen molar-refractivity contribution < 1.29 is 14.0 Å². The number of hydrogen-bond donors (Lipinski definition) is 0. The maximum atomic E-state index is 13.2. The van der Waals surface area contributed by atoms with Crippen molar-refractivity contribution in [2.75, 3.05) is 16.3 Å². The Morgan fingerprint density at radius 2 is 1.42 bits per heavy atom. The standard InChI is InChI=1S/C28H24N2O3/c1-19-18-29(28(32)27-9-6-16-33-27)26-17-24(14-15-25(26)30(19)20(2)31)23-12-10-22(11-13-23)21-7-4-3-5-8-21/h3-17,19H,18H2,1-2H3. The highest BCUT2D eigenvalue weighted by atomic mass is 16.3. The second-order valence-electron chi connectivity index (χ2n) is 8.28. The molecule has 0 fully saturated rings. The first-order chi connectivity index (χ1) is 16.0. The lowest BCUT2D eigenvalue weighted by Gasteiger charge is -2.40. The Morgan fingerprint density at radius 3 is 2.06 bits per heavy atom. The second-order valence-corrected chi connectivity index (χ2v) is 8.28.